The predicted octanol–water partition coefficient (Wildman–Crippen LogP) is 2.46. The van der Waals surface area contributed by atoms with Crippen molar-refractivity contribution in [3.05, 3.63) is 72.3 Å². The van der Waals surface area contributed by atoms with Gasteiger partial charge in [0, 0.05) is 23.4 Å². The second kappa shape index (κ2) is 8.88. The summed E-state index contributed by atoms with van der Waals surface area (Å²) in [4.78, 5) is 23.5. The highest BCUT2D eigenvalue weighted by Crippen LogP contribution is 2.12. The number of benzene rings is 2. The van der Waals surface area contributed by atoms with Crippen molar-refractivity contribution in [2.45, 2.75) is 0 Å². The zero-order valence-corrected chi connectivity index (χ0v) is 13.4. The first-order valence-corrected chi connectivity index (χ1v) is 7.47. The van der Waals surface area contributed by atoms with Crippen LogP contribution < -0.4 is 16.1 Å². The maximum atomic E-state index is 12.0. The molecule has 2 rings (SSSR count). The molecule has 3 amide bonds. The molecule has 0 bridgehead atoms. The highest BCUT2D eigenvalue weighted by Gasteiger charge is 2.05. The molecule has 0 unspecified atom stereocenters. The van der Waals surface area contributed by atoms with Crippen molar-refractivity contribution in [1.82, 2.24) is 10.7 Å². The van der Waals surface area contributed by atoms with Crippen LogP contribution in [0.4, 0.5) is 10.5 Å². The van der Waals surface area contributed by atoms with E-state index >= 15 is 0 Å². The van der Waals surface area contributed by atoms with Crippen molar-refractivity contribution in [1.29, 1.82) is 0 Å². The molecule has 0 aromatic heterocycles. The van der Waals surface area contributed by atoms with Crippen molar-refractivity contribution >= 4 is 23.8 Å². The number of rotatable bonds is 6. The van der Waals surface area contributed by atoms with Crippen molar-refractivity contribution in [3.8, 4) is 5.75 Å². The number of hydrogen-bond donors (Lipinski definition) is 4. The van der Waals surface area contributed by atoms with Crippen LogP contribution in [0.1, 0.15) is 15.9 Å². The molecule has 4 N–H and O–H groups in total. The fourth-order valence-electron chi connectivity index (χ4n) is 1.87. The van der Waals surface area contributed by atoms with Crippen LogP contribution in [-0.2, 0) is 0 Å². The number of urea groups is 1. The standard InChI is InChI=1S/C18H18N4O3/c1-2-11-19-18(25)21-15-9-7-13(8-10-15)17(24)22-20-12-14-5-3-4-6-16(14)23/h2-10,12,23H,1,11H2,(H,22,24)(H2,19,21,25)/b20-12+. The summed E-state index contributed by atoms with van der Waals surface area (Å²) in [6, 6.07) is 12.6. The third-order valence-corrected chi connectivity index (χ3v) is 3.12. The predicted molar refractivity (Wildman–Crippen MR) is 96.8 cm³/mol. The molecular weight excluding hydrogens is 320 g/mol. The second-order valence-electron chi connectivity index (χ2n) is 4.96. The number of aromatic hydroxyl groups is 1. The average Bonchev–Trinajstić information content (AvgIpc) is 2.62. The van der Waals surface area contributed by atoms with Gasteiger partial charge in [-0.1, -0.05) is 18.2 Å². The van der Waals surface area contributed by atoms with Crippen molar-refractivity contribution in [2.24, 2.45) is 5.10 Å². The van der Waals surface area contributed by atoms with Gasteiger partial charge in [-0.3, -0.25) is 4.79 Å². The normalized spacial score (nSPS) is 10.2. The molecule has 128 valence electrons. The Bertz CT molecular complexity index is 785. The van der Waals surface area contributed by atoms with Gasteiger partial charge in [0.2, 0.25) is 0 Å². The van der Waals surface area contributed by atoms with E-state index in [2.05, 4.69) is 27.7 Å². The summed E-state index contributed by atoms with van der Waals surface area (Å²) < 4.78 is 0. The van der Waals surface area contributed by atoms with Crippen molar-refractivity contribution in [2.75, 3.05) is 11.9 Å². The molecule has 2 aromatic carbocycles. The van der Waals surface area contributed by atoms with E-state index in [0.29, 0.717) is 23.4 Å². The van der Waals surface area contributed by atoms with Gasteiger partial charge in [-0.2, -0.15) is 5.10 Å². The number of phenolic OH excluding ortho intramolecular Hbond substituents is 1. The third kappa shape index (κ3) is 5.51. The molecule has 0 saturated carbocycles. The monoisotopic (exact) mass is 338 g/mol. The summed E-state index contributed by atoms with van der Waals surface area (Å²) in [7, 11) is 0. The lowest BCUT2D eigenvalue weighted by Gasteiger charge is -2.06. The largest absolute Gasteiger partial charge is 0.507 e. The van der Waals surface area contributed by atoms with Gasteiger partial charge in [0.1, 0.15) is 5.75 Å². The Morgan fingerprint density at radius 3 is 2.52 bits per heavy atom. The molecule has 0 spiro atoms. The van der Waals surface area contributed by atoms with Crippen LogP contribution in [0.5, 0.6) is 5.75 Å². The molecule has 7 heteroatoms. The van der Waals surface area contributed by atoms with E-state index in [1.54, 1.807) is 48.5 Å². The molecule has 0 aliphatic rings. The molecule has 2 aromatic rings. The van der Waals surface area contributed by atoms with Crippen LogP contribution in [0.2, 0.25) is 0 Å². The fourth-order valence-corrected chi connectivity index (χ4v) is 1.87. The minimum Gasteiger partial charge on any atom is -0.507 e. The van der Waals surface area contributed by atoms with Gasteiger partial charge in [-0.05, 0) is 36.4 Å². The first kappa shape index (κ1) is 17.7. The zero-order chi connectivity index (χ0) is 18.1. The maximum absolute atomic E-state index is 12.0. The lowest BCUT2D eigenvalue weighted by atomic mass is 10.2. The van der Waals surface area contributed by atoms with E-state index < -0.39 is 5.91 Å². The molecular formula is C18H18N4O3. The Labute approximate surface area is 145 Å². The van der Waals surface area contributed by atoms with Gasteiger partial charge >= 0.3 is 6.03 Å². The summed E-state index contributed by atoms with van der Waals surface area (Å²) in [5.41, 5.74) is 3.80. The Morgan fingerprint density at radius 1 is 1.12 bits per heavy atom. The molecule has 0 atom stereocenters. The van der Waals surface area contributed by atoms with Gasteiger partial charge in [-0.15, -0.1) is 6.58 Å². The fraction of sp³-hybridized carbons (Fsp3) is 0.0556. The van der Waals surface area contributed by atoms with Crippen LogP contribution in [0.3, 0.4) is 0 Å². The zero-order valence-electron chi connectivity index (χ0n) is 13.4. The molecule has 0 heterocycles. The Balaban J connectivity index is 1.91. The number of carbonyl (C=O) groups excluding carboxylic acids is 2. The Morgan fingerprint density at radius 2 is 1.84 bits per heavy atom. The molecule has 0 saturated heterocycles. The quantitative estimate of drug-likeness (QED) is 0.369. The van der Waals surface area contributed by atoms with E-state index in [1.807, 2.05) is 0 Å². The van der Waals surface area contributed by atoms with Crippen molar-refractivity contribution in [3.63, 3.8) is 0 Å². The highest BCUT2D eigenvalue weighted by molar-refractivity contribution is 5.96. The molecule has 25 heavy (non-hydrogen) atoms. The molecule has 0 fully saturated rings. The number of para-hydroxylation sites is 1. The average molecular weight is 338 g/mol. The molecule has 0 radical (unpaired) electrons. The lowest BCUT2D eigenvalue weighted by molar-refractivity contribution is 0.0955. The van der Waals surface area contributed by atoms with E-state index in [9.17, 15) is 14.7 Å². The van der Waals surface area contributed by atoms with Gasteiger partial charge in [-0.25, -0.2) is 10.2 Å². The second-order valence-corrected chi connectivity index (χ2v) is 4.96. The Hall–Kier alpha value is -3.61. The van der Waals surface area contributed by atoms with E-state index in [1.165, 1.54) is 12.3 Å². The van der Waals surface area contributed by atoms with Crippen LogP contribution >= 0.6 is 0 Å². The summed E-state index contributed by atoms with van der Waals surface area (Å²) >= 11 is 0. The minimum absolute atomic E-state index is 0.0747. The summed E-state index contributed by atoms with van der Waals surface area (Å²) in [6.07, 6.45) is 2.93. The highest BCUT2D eigenvalue weighted by atomic mass is 16.3. The number of hydrogen-bond acceptors (Lipinski definition) is 4. The van der Waals surface area contributed by atoms with Crippen LogP contribution in [0.25, 0.3) is 0 Å². The van der Waals surface area contributed by atoms with E-state index in [0.717, 1.165) is 0 Å². The van der Waals surface area contributed by atoms with Gasteiger partial charge in [0.05, 0.1) is 6.21 Å². The number of carbonyl (C=O) groups is 2. The molecule has 0 aliphatic heterocycles. The number of amides is 3. The smallest absolute Gasteiger partial charge is 0.319 e. The first-order chi connectivity index (χ1) is 12.1. The van der Waals surface area contributed by atoms with E-state index in [-0.39, 0.29) is 11.8 Å². The SMILES string of the molecule is C=CCNC(=O)Nc1ccc(C(=O)N/N=C/c2ccccc2O)cc1. The lowest BCUT2D eigenvalue weighted by Crippen LogP contribution is -2.28. The number of nitrogens with zero attached hydrogens (tertiary/aromatic N) is 1. The van der Waals surface area contributed by atoms with Crippen LogP contribution in [-0.4, -0.2) is 29.8 Å². The minimum atomic E-state index is -0.408. The van der Waals surface area contributed by atoms with E-state index in [4.69, 9.17) is 0 Å². The summed E-state index contributed by atoms with van der Waals surface area (Å²) in [5, 5.41) is 18.6. The number of hydrazone groups is 1. The van der Waals surface area contributed by atoms with Crippen LogP contribution in [0.15, 0.2) is 66.3 Å². The summed E-state index contributed by atoms with van der Waals surface area (Å²) in [5.74, 6) is -0.333. The first-order valence-electron chi connectivity index (χ1n) is 7.47. The molecule has 7 nitrogen and oxygen atoms in total. The number of nitrogens with one attached hydrogen (secondary N) is 3. The van der Waals surface area contributed by atoms with Crippen LogP contribution in [0, 0.1) is 0 Å². The van der Waals surface area contributed by atoms with Crippen molar-refractivity contribution < 1.29 is 14.7 Å². The van der Waals surface area contributed by atoms with Gasteiger partial charge in [0.15, 0.2) is 0 Å². The van der Waals surface area contributed by atoms with Gasteiger partial charge in [0.25, 0.3) is 5.91 Å². The molecule has 0 aliphatic carbocycles. The van der Waals surface area contributed by atoms with Gasteiger partial charge < -0.3 is 15.7 Å². The maximum Gasteiger partial charge on any atom is 0.319 e. The summed E-state index contributed by atoms with van der Waals surface area (Å²) in [6.45, 7) is 3.87. The third-order valence-electron chi connectivity index (χ3n) is 3.12. The number of phenols is 1. The Kier molecular flexibility index (Phi) is 6.30. The topological polar surface area (TPSA) is 103 Å². The number of anilines is 1.